The van der Waals surface area contributed by atoms with E-state index in [-0.39, 0.29) is 12.1 Å². The summed E-state index contributed by atoms with van der Waals surface area (Å²) >= 11 is 0. The van der Waals surface area contributed by atoms with Crippen LogP contribution in [0.1, 0.15) is 23.2 Å². The number of hydrogen-bond donors (Lipinski definition) is 2. The molecule has 0 bridgehead atoms. The molecule has 0 saturated heterocycles. The summed E-state index contributed by atoms with van der Waals surface area (Å²) in [5.41, 5.74) is 3.90. The van der Waals surface area contributed by atoms with Crippen LogP contribution < -0.4 is 5.73 Å². The number of nitrogens with zero attached hydrogens (tertiary/aromatic N) is 1. The number of alkyl halides is 2. The Morgan fingerprint density at radius 3 is 2.62 bits per heavy atom. The molecule has 0 aromatic carbocycles. The van der Waals surface area contributed by atoms with Crippen molar-refractivity contribution in [2.45, 2.75) is 19.4 Å². The van der Waals surface area contributed by atoms with Gasteiger partial charge in [0.25, 0.3) is 6.43 Å². The molecule has 4 nitrogen and oxygen atoms in total. The zero-order valence-corrected chi connectivity index (χ0v) is 8.08. The first-order valence-electron chi connectivity index (χ1n) is 4.34. The van der Waals surface area contributed by atoms with Crippen LogP contribution in [0.15, 0.2) is 6.07 Å². The van der Waals surface area contributed by atoms with Gasteiger partial charge in [-0.05, 0) is 6.07 Å². The van der Waals surface area contributed by atoms with Crippen molar-refractivity contribution in [1.82, 2.24) is 4.98 Å². The molecule has 3 N–H and O–H groups in total. The minimum atomic E-state index is -2.91. The Kier molecular flexibility index (Phi) is 3.83. The normalized spacial score (nSPS) is 10.8. The molecule has 0 amide bonds. The Hall–Kier alpha value is -1.63. The van der Waals surface area contributed by atoms with E-state index in [1.165, 1.54) is 0 Å². The van der Waals surface area contributed by atoms with Crippen LogP contribution in [0, 0.1) is 5.95 Å². The second-order valence-electron chi connectivity index (χ2n) is 3.05. The lowest BCUT2D eigenvalue weighted by Gasteiger charge is -2.08. The molecule has 0 radical (unpaired) electrons. The lowest BCUT2D eigenvalue weighted by molar-refractivity contribution is -0.136. The number of nitrogens with two attached hydrogens (primary N) is 1. The average Bonchev–Trinajstić information content (AvgIpc) is 2.16. The summed E-state index contributed by atoms with van der Waals surface area (Å²) in [5, 5.41) is 8.46. The van der Waals surface area contributed by atoms with Gasteiger partial charge in [0.1, 0.15) is 0 Å². The summed E-state index contributed by atoms with van der Waals surface area (Å²) in [4.78, 5) is 13.6. The Balaban J connectivity index is 3.24. The lowest BCUT2D eigenvalue weighted by Crippen LogP contribution is -2.11. The molecule has 0 unspecified atom stereocenters. The van der Waals surface area contributed by atoms with Gasteiger partial charge in [0.2, 0.25) is 5.95 Å². The van der Waals surface area contributed by atoms with Gasteiger partial charge in [0.15, 0.2) is 0 Å². The fraction of sp³-hybridized carbons (Fsp3) is 0.333. The molecule has 1 rings (SSSR count). The third-order valence-corrected chi connectivity index (χ3v) is 1.93. The third-order valence-electron chi connectivity index (χ3n) is 1.93. The van der Waals surface area contributed by atoms with E-state index in [2.05, 4.69) is 4.98 Å². The van der Waals surface area contributed by atoms with Gasteiger partial charge in [0.05, 0.1) is 12.1 Å². The van der Waals surface area contributed by atoms with Crippen molar-refractivity contribution in [1.29, 1.82) is 0 Å². The van der Waals surface area contributed by atoms with Crippen molar-refractivity contribution in [2.75, 3.05) is 0 Å². The Bertz CT molecular complexity index is 410. The zero-order valence-electron chi connectivity index (χ0n) is 8.08. The largest absolute Gasteiger partial charge is 0.481 e. The summed E-state index contributed by atoms with van der Waals surface area (Å²) in [7, 11) is 0. The van der Waals surface area contributed by atoms with Crippen LogP contribution in [0.4, 0.5) is 13.2 Å². The van der Waals surface area contributed by atoms with Gasteiger partial charge in [-0.3, -0.25) is 4.79 Å². The number of rotatable bonds is 4. The van der Waals surface area contributed by atoms with Crippen molar-refractivity contribution >= 4 is 5.97 Å². The highest BCUT2D eigenvalue weighted by Gasteiger charge is 2.19. The second-order valence-corrected chi connectivity index (χ2v) is 3.05. The van der Waals surface area contributed by atoms with Gasteiger partial charge in [-0.2, -0.15) is 4.39 Å². The van der Waals surface area contributed by atoms with Crippen LogP contribution in [0.25, 0.3) is 0 Å². The van der Waals surface area contributed by atoms with E-state index < -0.39 is 36.0 Å². The van der Waals surface area contributed by atoms with Crippen LogP contribution in [-0.4, -0.2) is 16.1 Å². The molecule has 16 heavy (non-hydrogen) atoms. The molecule has 0 saturated carbocycles. The molecular weight excluding hydrogens is 225 g/mol. The topological polar surface area (TPSA) is 76.2 Å². The predicted molar refractivity (Wildman–Crippen MR) is 48.4 cm³/mol. The van der Waals surface area contributed by atoms with Gasteiger partial charge < -0.3 is 10.8 Å². The van der Waals surface area contributed by atoms with E-state index in [1.807, 2.05) is 0 Å². The molecule has 0 aliphatic carbocycles. The van der Waals surface area contributed by atoms with Crippen molar-refractivity contribution in [3.05, 3.63) is 28.8 Å². The summed E-state index contributed by atoms with van der Waals surface area (Å²) in [5.74, 6) is -2.36. The highest BCUT2D eigenvalue weighted by atomic mass is 19.3. The van der Waals surface area contributed by atoms with Crippen LogP contribution in [0.5, 0.6) is 0 Å². The first-order valence-corrected chi connectivity index (χ1v) is 4.34. The predicted octanol–water partition coefficient (Wildman–Crippen LogP) is 1.24. The number of aliphatic carboxylic acids is 1. The van der Waals surface area contributed by atoms with E-state index in [1.54, 1.807) is 0 Å². The number of pyridine rings is 1. The van der Waals surface area contributed by atoms with E-state index in [0.717, 1.165) is 6.07 Å². The standard InChI is InChI=1S/C9H9F3N2O2/c10-8(11)5-1-4(3-13)9(12)14-6(5)2-7(15)16/h1,8H,2-3,13H2,(H,15,16). The quantitative estimate of drug-likeness (QED) is 0.768. The average molecular weight is 234 g/mol. The fourth-order valence-corrected chi connectivity index (χ4v) is 1.20. The number of hydrogen-bond acceptors (Lipinski definition) is 3. The van der Waals surface area contributed by atoms with E-state index in [4.69, 9.17) is 10.8 Å². The van der Waals surface area contributed by atoms with Crippen LogP contribution in [0.2, 0.25) is 0 Å². The highest BCUT2D eigenvalue weighted by Crippen LogP contribution is 2.24. The highest BCUT2D eigenvalue weighted by molar-refractivity contribution is 5.70. The number of carboxylic acids is 1. The Morgan fingerprint density at radius 1 is 1.56 bits per heavy atom. The molecule has 1 heterocycles. The minimum Gasteiger partial charge on any atom is -0.481 e. The first kappa shape index (κ1) is 12.4. The SMILES string of the molecule is NCc1cc(C(F)F)c(CC(=O)O)nc1F. The fourth-order valence-electron chi connectivity index (χ4n) is 1.20. The van der Waals surface area contributed by atoms with Crippen molar-refractivity contribution in [3.8, 4) is 0 Å². The van der Waals surface area contributed by atoms with E-state index in [9.17, 15) is 18.0 Å². The minimum absolute atomic E-state index is 0.163. The maximum absolute atomic E-state index is 13.1. The van der Waals surface area contributed by atoms with E-state index >= 15 is 0 Å². The zero-order chi connectivity index (χ0) is 12.3. The summed E-state index contributed by atoms with van der Waals surface area (Å²) in [6.07, 6.45) is -3.66. The van der Waals surface area contributed by atoms with Gasteiger partial charge in [-0.25, -0.2) is 13.8 Å². The number of halogens is 3. The first-order chi connectivity index (χ1) is 7.45. The van der Waals surface area contributed by atoms with Crippen molar-refractivity contribution in [3.63, 3.8) is 0 Å². The molecule has 7 heteroatoms. The van der Waals surface area contributed by atoms with Crippen LogP contribution in [-0.2, 0) is 17.8 Å². The van der Waals surface area contributed by atoms with Crippen LogP contribution >= 0.6 is 0 Å². The molecule has 0 aliphatic heterocycles. The third kappa shape index (κ3) is 2.69. The van der Waals surface area contributed by atoms with Crippen LogP contribution in [0.3, 0.4) is 0 Å². The van der Waals surface area contributed by atoms with Gasteiger partial charge in [-0.15, -0.1) is 0 Å². The van der Waals surface area contributed by atoms with Gasteiger partial charge in [0, 0.05) is 17.7 Å². The molecule has 1 aromatic rings. The second kappa shape index (κ2) is 4.93. The summed E-state index contributed by atoms with van der Waals surface area (Å²) < 4.78 is 38.2. The number of aromatic nitrogens is 1. The van der Waals surface area contributed by atoms with Gasteiger partial charge >= 0.3 is 5.97 Å². The van der Waals surface area contributed by atoms with Crippen molar-refractivity contribution < 1.29 is 23.1 Å². The molecule has 1 aromatic heterocycles. The molecule has 0 aliphatic rings. The summed E-state index contributed by atoms with van der Waals surface area (Å²) in [6.45, 7) is -0.272. The number of carbonyl (C=O) groups is 1. The van der Waals surface area contributed by atoms with Gasteiger partial charge in [-0.1, -0.05) is 0 Å². The Morgan fingerprint density at radius 2 is 2.19 bits per heavy atom. The Labute approximate surface area is 88.9 Å². The smallest absolute Gasteiger partial charge is 0.309 e. The lowest BCUT2D eigenvalue weighted by atomic mass is 10.1. The molecular formula is C9H9F3N2O2. The maximum atomic E-state index is 13.1. The molecule has 0 atom stereocenters. The van der Waals surface area contributed by atoms with Crippen molar-refractivity contribution in [2.24, 2.45) is 5.73 Å². The molecule has 0 fully saturated rings. The van der Waals surface area contributed by atoms with E-state index in [0.29, 0.717) is 0 Å². The summed E-state index contributed by atoms with van der Waals surface area (Å²) in [6, 6.07) is 0.852. The monoisotopic (exact) mass is 234 g/mol. The molecule has 88 valence electrons. The maximum Gasteiger partial charge on any atom is 0.309 e. The number of carboxylic acid groups (broad SMARTS) is 1. The molecule has 0 spiro atoms.